The largest absolute Gasteiger partial charge is 0.494 e. The molecule has 0 unspecified atom stereocenters. The lowest BCUT2D eigenvalue weighted by molar-refractivity contribution is 0.416. The Labute approximate surface area is 101 Å². The summed E-state index contributed by atoms with van der Waals surface area (Å²) in [6, 6.07) is 9.64. The lowest BCUT2D eigenvalue weighted by Crippen LogP contribution is -2.03. The first kappa shape index (κ1) is 11.4. The van der Waals surface area contributed by atoms with Crippen LogP contribution in [0, 0.1) is 0 Å². The summed E-state index contributed by atoms with van der Waals surface area (Å²) in [5.41, 5.74) is 2.74. The molecule has 0 saturated heterocycles. The van der Waals surface area contributed by atoms with Gasteiger partial charge in [0.25, 0.3) is 0 Å². The van der Waals surface area contributed by atoms with Crippen molar-refractivity contribution in [3.63, 3.8) is 0 Å². The quantitative estimate of drug-likeness (QED) is 0.759. The molecule has 0 aliphatic rings. The van der Waals surface area contributed by atoms with Gasteiger partial charge in [-0.15, -0.1) is 0 Å². The van der Waals surface area contributed by atoms with Crippen molar-refractivity contribution in [3.8, 4) is 5.75 Å². The summed E-state index contributed by atoms with van der Waals surface area (Å²) in [6.07, 6.45) is 1.76. The van der Waals surface area contributed by atoms with E-state index in [4.69, 9.17) is 4.74 Å². The number of hydrogen-bond donors (Lipinski definition) is 0. The molecule has 4 heteroatoms. The number of hydrogen-bond acceptors (Lipinski definition) is 3. The molecule has 0 aliphatic carbocycles. The lowest BCUT2D eigenvalue weighted by Gasteiger charge is -2.05. The molecule has 0 amide bonds. The van der Waals surface area contributed by atoms with Crippen molar-refractivity contribution in [1.29, 1.82) is 0 Å². The van der Waals surface area contributed by atoms with Gasteiger partial charge < -0.3 is 4.74 Å². The van der Waals surface area contributed by atoms with Crippen LogP contribution in [-0.2, 0) is 7.05 Å². The fourth-order valence-electron chi connectivity index (χ4n) is 1.69. The van der Waals surface area contributed by atoms with Crippen LogP contribution in [0.15, 0.2) is 41.5 Å². The molecule has 2 aromatic rings. The number of ether oxygens (including phenoxy) is 1. The van der Waals surface area contributed by atoms with Crippen LogP contribution in [0.1, 0.15) is 12.6 Å². The van der Waals surface area contributed by atoms with E-state index in [0.29, 0.717) is 0 Å². The summed E-state index contributed by atoms with van der Waals surface area (Å²) in [5, 5.41) is 4.13. The van der Waals surface area contributed by atoms with E-state index >= 15 is 0 Å². The molecule has 4 nitrogen and oxygen atoms in total. The first-order chi connectivity index (χ1) is 8.22. The van der Waals surface area contributed by atoms with Gasteiger partial charge in [-0.3, -0.25) is 4.68 Å². The van der Waals surface area contributed by atoms with Crippen LogP contribution in [0.3, 0.4) is 0 Å². The number of methoxy groups -OCH3 is 1. The molecule has 0 N–H and O–H groups in total. The lowest BCUT2D eigenvalue weighted by atomic mass is 10.2. The summed E-state index contributed by atoms with van der Waals surface area (Å²) in [7, 11) is 3.55. The second-order valence-corrected chi connectivity index (χ2v) is 3.71. The first-order valence-corrected chi connectivity index (χ1v) is 5.39. The van der Waals surface area contributed by atoms with Gasteiger partial charge in [-0.05, 0) is 25.1 Å². The molecule has 0 spiro atoms. The SMILES string of the molecule is COc1ccccc1N=C(C)c1ccnn1C. The summed E-state index contributed by atoms with van der Waals surface area (Å²) in [5.74, 6) is 0.772. The predicted octanol–water partition coefficient (Wildman–Crippen LogP) is 2.57. The van der Waals surface area contributed by atoms with Gasteiger partial charge in [-0.1, -0.05) is 12.1 Å². The van der Waals surface area contributed by atoms with Gasteiger partial charge in [0.1, 0.15) is 11.4 Å². The van der Waals surface area contributed by atoms with Crippen LogP contribution in [-0.4, -0.2) is 22.6 Å². The highest BCUT2D eigenvalue weighted by molar-refractivity contribution is 5.99. The van der Waals surface area contributed by atoms with E-state index < -0.39 is 0 Å². The minimum Gasteiger partial charge on any atom is -0.494 e. The topological polar surface area (TPSA) is 39.4 Å². The van der Waals surface area contributed by atoms with Gasteiger partial charge in [-0.25, -0.2) is 4.99 Å². The summed E-state index contributed by atoms with van der Waals surface area (Å²) in [6.45, 7) is 1.96. The Kier molecular flexibility index (Phi) is 3.23. The third-order valence-corrected chi connectivity index (χ3v) is 2.56. The molecule has 0 bridgehead atoms. The predicted molar refractivity (Wildman–Crippen MR) is 68.1 cm³/mol. The zero-order chi connectivity index (χ0) is 12.3. The molecule has 0 aliphatic heterocycles. The molecule has 1 aromatic carbocycles. The molecular weight excluding hydrogens is 214 g/mol. The molecule has 0 atom stereocenters. The zero-order valence-corrected chi connectivity index (χ0v) is 10.2. The Balaban J connectivity index is 2.39. The molecule has 0 saturated carbocycles. The Morgan fingerprint density at radius 1 is 1.29 bits per heavy atom. The maximum atomic E-state index is 5.26. The van der Waals surface area contributed by atoms with Crippen LogP contribution in [0.25, 0.3) is 0 Å². The number of aryl methyl sites for hydroxylation is 1. The second-order valence-electron chi connectivity index (χ2n) is 3.71. The minimum atomic E-state index is 0.772. The van der Waals surface area contributed by atoms with Crippen LogP contribution >= 0.6 is 0 Å². The van der Waals surface area contributed by atoms with E-state index in [0.717, 1.165) is 22.8 Å². The Morgan fingerprint density at radius 2 is 2.06 bits per heavy atom. The normalized spacial score (nSPS) is 11.6. The smallest absolute Gasteiger partial charge is 0.144 e. The monoisotopic (exact) mass is 229 g/mol. The van der Waals surface area contributed by atoms with Crippen molar-refractivity contribution >= 4 is 11.4 Å². The first-order valence-electron chi connectivity index (χ1n) is 5.39. The average molecular weight is 229 g/mol. The molecule has 1 heterocycles. The number of rotatable bonds is 3. The van der Waals surface area contributed by atoms with Gasteiger partial charge in [0.15, 0.2) is 0 Å². The third-order valence-electron chi connectivity index (χ3n) is 2.56. The summed E-state index contributed by atoms with van der Waals surface area (Å²) in [4.78, 5) is 4.56. The molecule has 0 fully saturated rings. The van der Waals surface area contributed by atoms with E-state index in [-0.39, 0.29) is 0 Å². The number of aliphatic imine (C=N–C) groups is 1. The van der Waals surface area contributed by atoms with Crippen molar-refractivity contribution in [1.82, 2.24) is 9.78 Å². The van der Waals surface area contributed by atoms with E-state index in [9.17, 15) is 0 Å². The fourth-order valence-corrected chi connectivity index (χ4v) is 1.69. The summed E-state index contributed by atoms with van der Waals surface area (Å²) < 4.78 is 7.06. The zero-order valence-electron chi connectivity index (χ0n) is 10.2. The highest BCUT2D eigenvalue weighted by atomic mass is 16.5. The van der Waals surface area contributed by atoms with Gasteiger partial charge in [0, 0.05) is 13.2 Å². The average Bonchev–Trinajstić information content (AvgIpc) is 2.76. The van der Waals surface area contributed by atoms with Crippen molar-refractivity contribution in [2.45, 2.75) is 6.92 Å². The maximum absolute atomic E-state index is 5.26. The van der Waals surface area contributed by atoms with Crippen LogP contribution < -0.4 is 4.74 Å². The van der Waals surface area contributed by atoms with Crippen molar-refractivity contribution in [2.75, 3.05) is 7.11 Å². The van der Waals surface area contributed by atoms with Gasteiger partial charge in [0.05, 0.1) is 18.5 Å². The Morgan fingerprint density at radius 3 is 2.71 bits per heavy atom. The number of nitrogens with zero attached hydrogens (tertiary/aromatic N) is 3. The summed E-state index contributed by atoms with van der Waals surface area (Å²) >= 11 is 0. The van der Waals surface area contributed by atoms with E-state index in [1.54, 1.807) is 18.0 Å². The Hall–Kier alpha value is -2.10. The molecule has 17 heavy (non-hydrogen) atoms. The fraction of sp³-hybridized carbons (Fsp3) is 0.231. The molecule has 1 aromatic heterocycles. The highest BCUT2D eigenvalue weighted by Crippen LogP contribution is 2.26. The standard InChI is InChI=1S/C13H15N3O/c1-10(12-8-9-14-16(12)2)15-11-6-4-5-7-13(11)17-3/h4-9H,1-3H3. The minimum absolute atomic E-state index is 0.772. The second kappa shape index (κ2) is 4.82. The van der Waals surface area contributed by atoms with Crippen molar-refractivity contribution < 1.29 is 4.74 Å². The number of aromatic nitrogens is 2. The molecular formula is C13H15N3O. The van der Waals surface area contributed by atoms with E-state index in [1.165, 1.54) is 0 Å². The Bertz CT molecular complexity index is 543. The van der Waals surface area contributed by atoms with Crippen molar-refractivity contribution in [3.05, 3.63) is 42.2 Å². The van der Waals surface area contributed by atoms with Crippen molar-refractivity contribution in [2.24, 2.45) is 12.0 Å². The number of para-hydroxylation sites is 2. The van der Waals surface area contributed by atoms with Crippen LogP contribution in [0.4, 0.5) is 5.69 Å². The van der Waals surface area contributed by atoms with E-state index in [1.807, 2.05) is 44.3 Å². The third kappa shape index (κ3) is 2.36. The molecule has 88 valence electrons. The highest BCUT2D eigenvalue weighted by Gasteiger charge is 2.04. The molecule has 2 rings (SSSR count). The van der Waals surface area contributed by atoms with Crippen LogP contribution in [0.5, 0.6) is 5.75 Å². The van der Waals surface area contributed by atoms with Gasteiger partial charge >= 0.3 is 0 Å². The van der Waals surface area contributed by atoms with Gasteiger partial charge in [-0.2, -0.15) is 5.10 Å². The van der Waals surface area contributed by atoms with Crippen LogP contribution in [0.2, 0.25) is 0 Å². The molecule has 0 radical (unpaired) electrons. The van der Waals surface area contributed by atoms with E-state index in [2.05, 4.69) is 10.1 Å². The number of benzene rings is 1. The maximum Gasteiger partial charge on any atom is 0.144 e. The van der Waals surface area contributed by atoms with Gasteiger partial charge in [0.2, 0.25) is 0 Å².